The largest absolute Gasteiger partial charge is 0.383 e. The molecule has 0 aliphatic carbocycles. The quantitative estimate of drug-likeness (QED) is 0.903. The normalized spacial score (nSPS) is 20.2. The van der Waals surface area contributed by atoms with Crippen LogP contribution < -0.4 is 5.32 Å². The highest BCUT2D eigenvalue weighted by Crippen LogP contribution is 2.33. The van der Waals surface area contributed by atoms with Gasteiger partial charge in [-0.2, -0.15) is 0 Å². The van der Waals surface area contributed by atoms with E-state index in [1.54, 1.807) is 17.3 Å². The maximum atomic E-state index is 12.3. The minimum Gasteiger partial charge on any atom is -0.383 e. The number of aryl methyl sites for hydroxylation is 2. The predicted octanol–water partition coefficient (Wildman–Crippen LogP) is 1.90. The molecule has 0 spiro atoms. The van der Waals surface area contributed by atoms with Crippen LogP contribution in [-0.2, 0) is 12.1 Å². The first-order valence-electron chi connectivity index (χ1n) is 8.07. The second-order valence-electron chi connectivity index (χ2n) is 6.33. The van der Waals surface area contributed by atoms with E-state index in [9.17, 15) is 9.90 Å². The van der Waals surface area contributed by atoms with Crippen LogP contribution >= 0.6 is 0 Å². The van der Waals surface area contributed by atoms with E-state index in [2.05, 4.69) is 15.3 Å². The number of urea groups is 1. The number of carbonyl (C=O) groups excluding carboxylic acids is 1. The molecule has 1 atom stereocenters. The van der Waals surface area contributed by atoms with Crippen molar-refractivity contribution >= 4 is 6.03 Å². The van der Waals surface area contributed by atoms with Gasteiger partial charge in [0.15, 0.2) is 0 Å². The molecule has 0 radical (unpaired) electrons. The van der Waals surface area contributed by atoms with Crippen LogP contribution in [0.2, 0.25) is 0 Å². The highest BCUT2D eigenvalue weighted by molar-refractivity contribution is 5.74. The minimum absolute atomic E-state index is 0.193. The lowest BCUT2D eigenvalue weighted by atomic mass is 9.89. The van der Waals surface area contributed by atoms with Gasteiger partial charge in [-0.1, -0.05) is 24.3 Å². The number of carbonyl (C=O) groups is 1. The number of nitrogens with zero attached hydrogens (tertiary/aromatic N) is 3. The van der Waals surface area contributed by atoms with E-state index in [1.807, 2.05) is 38.1 Å². The number of amides is 2. The van der Waals surface area contributed by atoms with Crippen LogP contribution in [0.4, 0.5) is 4.79 Å². The van der Waals surface area contributed by atoms with Crippen molar-refractivity contribution in [2.45, 2.75) is 32.4 Å². The highest BCUT2D eigenvalue weighted by Gasteiger charge is 2.40. The van der Waals surface area contributed by atoms with E-state index < -0.39 is 5.60 Å². The molecule has 0 saturated carbocycles. The number of aromatic nitrogens is 2. The Morgan fingerprint density at radius 3 is 2.79 bits per heavy atom. The van der Waals surface area contributed by atoms with Crippen LogP contribution in [0.5, 0.6) is 0 Å². The van der Waals surface area contributed by atoms with Crippen molar-refractivity contribution in [2.24, 2.45) is 0 Å². The number of nitrogens with one attached hydrogen (secondary N) is 1. The molecular formula is C18H22N4O2. The summed E-state index contributed by atoms with van der Waals surface area (Å²) in [4.78, 5) is 22.4. The third-order valence-corrected chi connectivity index (χ3v) is 4.44. The Morgan fingerprint density at radius 1 is 1.29 bits per heavy atom. The summed E-state index contributed by atoms with van der Waals surface area (Å²) in [5.41, 5.74) is 2.50. The second kappa shape index (κ2) is 6.57. The Hall–Kier alpha value is -2.47. The molecule has 2 heterocycles. The average molecular weight is 326 g/mol. The summed E-state index contributed by atoms with van der Waals surface area (Å²) < 4.78 is 0. The van der Waals surface area contributed by atoms with Crippen molar-refractivity contribution in [3.8, 4) is 0 Å². The van der Waals surface area contributed by atoms with E-state index in [0.29, 0.717) is 31.7 Å². The van der Waals surface area contributed by atoms with E-state index in [4.69, 9.17) is 0 Å². The van der Waals surface area contributed by atoms with Crippen LogP contribution in [0.15, 0.2) is 36.7 Å². The molecule has 1 aliphatic heterocycles. The van der Waals surface area contributed by atoms with Crippen molar-refractivity contribution in [1.29, 1.82) is 0 Å². The van der Waals surface area contributed by atoms with Crippen LogP contribution in [0.25, 0.3) is 0 Å². The first-order valence-corrected chi connectivity index (χ1v) is 8.07. The summed E-state index contributed by atoms with van der Waals surface area (Å²) in [6.45, 7) is 4.99. The SMILES string of the molecule is Cc1cnc(CNC(=O)N2CCC(O)(c3ccccc3C)C2)cn1. The molecular weight excluding hydrogens is 304 g/mol. The van der Waals surface area contributed by atoms with Gasteiger partial charge in [0.25, 0.3) is 0 Å². The standard InChI is InChI=1S/C18H22N4O2/c1-13-5-3-4-6-16(13)18(24)7-8-22(12-18)17(23)21-11-15-10-19-14(2)9-20-15/h3-6,9-10,24H,7-8,11-12H2,1-2H3,(H,21,23). The molecule has 126 valence electrons. The fourth-order valence-corrected chi connectivity index (χ4v) is 3.07. The second-order valence-corrected chi connectivity index (χ2v) is 6.33. The van der Waals surface area contributed by atoms with Gasteiger partial charge in [0.1, 0.15) is 5.60 Å². The highest BCUT2D eigenvalue weighted by atomic mass is 16.3. The molecule has 1 aromatic heterocycles. The van der Waals surface area contributed by atoms with E-state index in [1.165, 1.54) is 0 Å². The number of benzene rings is 1. The Labute approximate surface area is 141 Å². The van der Waals surface area contributed by atoms with Gasteiger partial charge in [-0.15, -0.1) is 0 Å². The maximum absolute atomic E-state index is 12.3. The molecule has 1 saturated heterocycles. The molecule has 6 heteroatoms. The zero-order valence-electron chi connectivity index (χ0n) is 14.0. The Kier molecular flexibility index (Phi) is 4.49. The number of hydrogen-bond acceptors (Lipinski definition) is 4. The molecule has 1 unspecified atom stereocenters. The van der Waals surface area contributed by atoms with E-state index in [-0.39, 0.29) is 6.03 Å². The number of rotatable bonds is 3. The predicted molar refractivity (Wildman–Crippen MR) is 90.3 cm³/mol. The van der Waals surface area contributed by atoms with Crippen molar-refractivity contribution < 1.29 is 9.90 Å². The summed E-state index contributed by atoms with van der Waals surface area (Å²) in [5, 5.41) is 13.8. The topological polar surface area (TPSA) is 78.4 Å². The fourth-order valence-electron chi connectivity index (χ4n) is 3.07. The van der Waals surface area contributed by atoms with Crippen LogP contribution in [-0.4, -0.2) is 39.1 Å². The molecule has 1 aromatic carbocycles. The average Bonchev–Trinajstić information content (AvgIpc) is 2.98. The molecule has 1 aliphatic rings. The monoisotopic (exact) mass is 326 g/mol. The lowest BCUT2D eigenvalue weighted by Gasteiger charge is -2.25. The van der Waals surface area contributed by atoms with Gasteiger partial charge < -0.3 is 15.3 Å². The summed E-state index contributed by atoms with van der Waals surface area (Å²) in [5.74, 6) is 0. The minimum atomic E-state index is -0.980. The molecule has 6 nitrogen and oxygen atoms in total. The van der Waals surface area contributed by atoms with Crippen molar-refractivity contribution in [2.75, 3.05) is 13.1 Å². The molecule has 2 aromatic rings. The number of likely N-dealkylation sites (tertiary alicyclic amines) is 1. The lowest BCUT2D eigenvalue weighted by Crippen LogP contribution is -2.40. The molecule has 0 bridgehead atoms. The number of aliphatic hydroxyl groups is 1. The Morgan fingerprint density at radius 2 is 2.08 bits per heavy atom. The zero-order chi connectivity index (χ0) is 17.2. The van der Waals surface area contributed by atoms with Gasteiger partial charge in [-0.3, -0.25) is 9.97 Å². The Balaban J connectivity index is 1.61. The van der Waals surface area contributed by atoms with Gasteiger partial charge in [0, 0.05) is 12.7 Å². The van der Waals surface area contributed by atoms with Crippen molar-refractivity contribution in [3.63, 3.8) is 0 Å². The molecule has 24 heavy (non-hydrogen) atoms. The van der Waals surface area contributed by atoms with Gasteiger partial charge in [0.2, 0.25) is 0 Å². The summed E-state index contributed by atoms with van der Waals surface area (Å²) in [7, 11) is 0. The smallest absolute Gasteiger partial charge is 0.317 e. The molecule has 2 amide bonds. The van der Waals surface area contributed by atoms with E-state index in [0.717, 1.165) is 16.8 Å². The first kappa shape index (κ1) is 16.4. The third kappa shape index (κ3) is 3.38. The Bertz CT molecular complexity index is 732. The number of β-amino-alcohol motifs (C(OH)–C–C–N with tert-alkyl or cyclic N) is 1. The first-order chi connectivity index (χ1) is 11.5. The van der Waals surface area contributed by atoms with Gasteiger partial charge >= 0.3 is 6.03 Å². The zero-order valence-corrected chi connectivity index (χ0v) is 14.0. The summed E-state index contributed by atoms with van der Waals surface area (Å²) >= 11 is 0. The van der Waals surface area contributed by atoms with Crippen LogP contribution in [0, 0.1) is 13.8 Å². The summed E-state index contributed by atoms with van der Waals surface area (Å²) in [6, 6.07) is 7.58. The fraction of sp³-hybridized carbons (Fsp3) is 0.389. The van der Waals surface area contributed by atoms with Gasteiger partial charge in [0.05, 0.1) is 30.7 Å². The lowest BCUT2D eigenvalue weighted by molar-refractivity contribution is 0.0487. The van der Waals surface area contributed by atoms with Gasteiger partial charge in [-0.25, -0.2) is 4.79 Å². The van der Waals surface area contributed by atoms with Crippen molar-refractivity contribution in [1.82, 2.24) is 20.2 Å². The number of hydrogen-bond donors (Lipinski definition) is 2. The summed E-state index contributed by atoms with van der Waals surface area (Å²) in [6.07, 6.45) is 3.87. The molecule has 3 rings (SSSR count). The van der Waals surface area contributed by atoms with Crippen LogP contribution in [0.1, 0.15) is 28.9 Å². The molecule has 2 N–H and O–H groups in total. The van der Waals surface area contributed by atoms with Crippen molar-refractivity contribution in [3.05, 3.63) is 59.2 Å². The molecule has 1 fully saturated rings. The van der Waals surface area contributed by atoms with E-state index >= 15 is 0 Å². The van der Waals surface area contributed by atoms with Gasteiger partial charge in [-0.05, 0) is 31.4 Å². The third-order valence-electron chi connectivity index (χ3n) is 4.44. The maximum Gasteiger partial charge on any atom is 0.317 e. The van der Waals surface area contributed by atoms with Crippen LogP contribution in [0.3, 0.4) is 0 Å².